The average Bonchev–Trinajstić information content (AvgIpc) is 3.18. The maximum Gasteiger partial charge on any atom is 0.340 e. The van der Waals surface area contributed by atoms with Crippen LogP contribution in [0.25, 0.3) is 11.4 Å². The SMILES string of the molecule is COC(=O)c1cc(C#N)c(C#N)cc1NC(=O)c1ccc(-c2c(C#N)cnn2C)nn1. The Labute approximate surface area is 175 Å². The number of ether oxygens (including phenoxy) is 1. The summed E-state index contributed by atoms with van der Waals surface area (Å²) < 4.78 is 6.15. The Hall–Kier alpha value is -5.08. The Balaban J connectivity index is 1.94. The average molecular weight is 412 g/mol. The molecular formula is C20H12N8O3. The first kappa shape index (κ1) is 20.6. The lowest BCUT2D eigenvalue weighted by molar-refractivity contribution is 0.0602. The van der Waals surface area contributed by atoms with Gasteiger partial charge in [0.2, 0.25) is 0 Å². The molecular weight excluding hydrogens is 400 g/mol. The zero-order chi connectivity index (χ0) is 22.5. The largest absolute Gasteiger partial charge is 0.465 e. The number of hydrogen-bond acceptors (Lipinski definition) is 9. The minimum Gasteiger partial charge on any atom is -0.465 e. The highest BCUT2D eigenvalue weighted by Gasteiger charge is 2.20. The fraction of sp³-hybridized carbons (Fsp3) is 0.100. The standard InChI is InChI=1S/C20H12N8O3/c1-28-18(13(9-23)10-24-28)15-3-4-16(27-26-15)19(29)25-17-6-12(8-22)11(7-21)5-14(17)20(30)31-2/h3-6,10H,1-2H3,(H,25,29). The van der Waals surface area contributed by atoms with Gasteiger partial charge in [0.25, 0.3) is 5.91 Å². The molecule has 2 aromatic heterocycles. The van der Waals surface area contributed by atoms with E-state index in [0.29, 0.717) is 17.0 Å². The van der Waals surface area contributed by atoms with E-state index in [1.165, 1.54) is 35.1 Å². The number of nitriles is 3. The molecule has 0 saturated carbocycles. The lowest BCUT2D eigenvalue weighted by atomic mass is 10.0. The first-order chi connectivity index (χ1) is 14.9. The fourth-order valence-electron chi connectivity index (χ4n) is 2.76. The van der Waals surface area contributed by atoms with Crippen molar-refractivity contribution in [2.45, 2.75) is 0 Å². The van der Waals surface area contributed by atoms with Crippen LogP contribution in [-0.4, -0.2) is 39.0 Å². The molecule has 2 heterocycles. The van der Waals surface area contributed by atoms with Gasteiger partial charge in [0.05, 0.1) is 41.2 Å². The van der Waals surface area contributed by atoms with Crippen LogP contribution in [-0.2, 0) is 11.8 Å². The summed E-state index contributed by atoms with van der Waals surface area (Å²) in [6.45, 7) is 0. The number of rotatable bonds is 4. The number of nitrogens with one attached hydrogen (secondary N) is 1. The van der Waals surface area contributed by atoms with Crippen LogP contribution in [0.15, 0.2) is 30.5 Å². The minimum absolute atomic E-state index is 0.0170. The van der Waals surface area contributed by atoms with E-state index < -0.39 is 11.9 Å². The molecule has 1 aromatic carbocycles. The van der Waals surface area contributed by atoms with Gasteiger partial charge in [-0.25, -0.2) is 4.79 Å². The number of benzene rings is 1. The molecule has 0 spiro atoms. The summed E-state index contributed by atoms with van der Waals surface area (Å²) in [4.78, 5) is 24.7. The number of carbonyl (C=O) groups excluding carboxylic acids is 2. The molecule has 11 nitrogen and oxygen atoms in total. The van der Waals surface area contributed by atoms with Gasteiger partial charge in [-0.3, -0.25) is 9.48 Å². The summed E-state index contributed by atoms with van der Waals surface area (Å²) in [7, 11) is 2.79. The van der Waals surface area contributed by atoms with Crippen molar-refractivity contribution >= 4 is 17.6 Å². The number of aromatic nitrogens is 4. The van der Waals surface area contributed by atoms with E-state index in [2.05, 4.69) is 25.3 Å². The Morgan fingerprint density at radius 2 is 1.71 bits per heavy atom. The van der Waals surface area contributed by atoms with Gasteiger partial charge >= 0.3 is 5.97 Å². The molecule has 0 saturated heterocycles. The molecule has 0 bridgehead atoms. The molecule has 1 N–H and O–H groups in total. The van der Waals surface area contributed by atoms with Gasteiger partial charge in [-0.15, -0.1) is 10.2 Å². The van der Waals surface area contributed by atoms with E-state index in [4.69, 9.17) is 5.26 Å². The minimum atomic E-state index is -0.794. The van der Waals surface area contributed by atoms with E-state index in [9.17, 15) is 20.1 Å². The molecule has 0 fully saturated rings. The van der Waals surface area contributed by atoms with E-state index in [0.717, 1.165) is 7.11 Å². The lowest BCUT2D eigenvalue weighted by Crippen LogP contribution is -2.18. The zero-order valence-corrected chi connectivity index (χ0v) is 16.2. The Bertz CT molecular complexity index is 1320. The molecule has 0 aliphatic carbocycles. The molecule has 0 atom stereocenters. The van der Waals surface area contributed by atoms with Crippen LogP contribution < -0.4 is 5.32 Å². The molecule has 3 aromatic rings. The van der Waals surface area contributed by atoms with Gasteiger partial charge in [0.15, 0.2) is 5.69 Å². The van der Waals surface area contributed by atoms with Crippen LogP contribution >= 0.6 is 0 Å². The highest BCUT2D eigenvalue weighted by Crippen LogP contribution is 2.23. The number of amides is 1. The summed E-state index contributed by atoms with van der Waals surface area (Å²) in [6, 6.07) is 10.9. The van der Waals surface area contributed by atoms with Crippen LogP contribution in [0.5, 0.6) is 0 Å². The third kappa shape index (κ3) is 3.90. The van der Waals surface area contributed by atoms with Crippen LogP contribution in [0.2, 0.25) is 0 Å². The zero-order valence-electron chi connectivity index (χ0n) is 16.2. The number of nitrogens with zero attached hydrogens (tertiary/aromatic N) is 7. The maximum absolute atomic E-state index is 12.6. The normalized spacial score (nSPS) is 9.77. The Morgan fingerprint density at radius 3 is 2.29 bits per heavy atom. The van der Waals surface area contributed by atoms with Crippen LogP contribution in [0, 0.1) is 34.0 Å². The molecule has 0 aliphatic heterocycles. The third-order valence-electron chi connectivity index (χ3n) is 4.25. The van der Waals surface area contributed by atoms with Crippen molar-refractivity contribution in [3.05, 3.63) is 58.4 Å². The van der Waals surface area contributed by atoms with Crippen molar-refractivity contribution in [1.82, 2.24) is 20.0 Å². The Morgan fingerprint density at radius 1 is 1.03 bits per heavy atom. The van der Waals surface area contributed by atoms with Crippen LogP contribution in [0.4, 0.5) is 5.69 Å². The fourth-order valence-corrected chi connectivity index (χ4v) is 2.76. The number of hydrogen-bond donors (Lipinski definition) is 1. The second kappa shape index (κ2) is 8.52. The van der Waals surface area contributed by atoms with Crippen molar-refractivity contribution in [1.29, 1.82) is 15.8 Å². The third-order valence-corrected chi connectivity index (χ3v) is 4.25. The molecule has 0 aliphatic rings. The maximum atomic E-state index is 12.6. The topological polar surface area (TPSA) is 170 Å². The summed E-state index contributed by atoms with van der Waals surface area (Å²) in [5.41, 5.74) is 0.846. The number of anilines is 1. The molecule has 150 valence electrons. The number of methoxy groups -OCH3 is 1. The first-order valence-corrected chi connectivity index (χ1v) is 8.57. The molecule has 11 heteroatoms. The smallest absolute Gasteiger partial charge is 0.340 e. The van der Waals surface area contributed by atoms with Crippen molar-refractivity contribution in [3.63, 3.8) is 0 Å². The van der Waals surface area contributed by atoms with Gasteiger partial charge in [-0.05, 0) is 24.3 Å². The quantitative estimate of drug-likeness (QED) is 0.624. The molecule has 31 heavy (non-hydrogen) atoms. The van der Waals surface area contributed by atoms with Gasteiger partial charge in [-0.1, -0.05) is 0 Å². The second-order valence-corrected chi connectivity index (χ2v) is 6.06. The predicted octanol–water partition coefficient (Wildman–Crippen LogP) is 1.53. The van der Waals surface area contributed by atoms with Crippen LogP contribution in [0.3, 0.4) is 0 Å². The van der Waals surface area contributed by atoms with Crippen molar-refractivity contribution < 1.29 is 14.3 Å². The number of aryl methyl sites for hydroxylation is 1. The van der Waals surface area contributed by atoms with Crippen molar-refractivity contribution in [2.75, 3.05) is 12.4 Å². The van der Waals surface area contributed by atoms with Crippen molar-refractivity contribution in [2.24, 2.45) is 7.05 Å². The van der Waals surface area contributed by atoms with Gasteiger partial charge in [-0.2, -0.15) is 20.9 Å². The molecule has 1 amide bonds. The van der Waals surface area contributed by atoms with Gasteiger partial charge in [0, 0.05) is 7.05 Å². The van der Waals surface area contributed by atoms with E-state index in [-0.39, 0.29) is 28.1 Å². The number of esters is 1. The van der Waals surface area contributed by atoms with E-state index in [1.54, 1.807) is 7.05 Å². The summed E-state index contributed by atoms with van der Waals surface area (Å²) in [5, 5.41) is 41.9. The lowest BCUT2D eigenvalue weighted by Gasteiger charge is -2.11. The van der Waals surface area contributed by atoms with E-state index in [1.807, 2.05) is 18.2 Å². The molecule has 0 radical (unpaired) electrons. The van der Waals surface area contributed by atoms with Crippen LogP contribution in [0.1, 0.15) is 37.5 Å². The molecule has 3 rings (SSSR count). The monoisotopic (exact) mass is 412 g/mol. The van der Waals surface area contributed by atoms with E-state index >= 15 is 0 Å². The van der Waals surface area contributed by atoms with Gasteiger partial charge < -0.3 is 10.1 Å². The number of carbonyl (C=O) groups is 2. The summed E-state index contributed by atoms with van der Waals surface area (Å²) >= 11 is 0. The highest BCUT2D eigenvalue weighted by atomic mass is 16.5. The summed E-state index contributed by atoms with van der Waals surface area (Å²) in [5.74, 6) is -1.50. The second-order valence-electron chi connectivity index (χ2n) is 6.06. The first-order valence-electron chi connectivity index (χ1n) is 8.57. The summed E-state index contributed by atoms with van der Waals surface area (Å²) in [6.07, 6.45) is 1.39. The van der Waals surface area contributed by atoms with Crippen molar-refractivity contribution in [3.8, 4) is 29.6 Å². The molecule has 0 unspecified atom stereocenters. The Kier molecular flexibility index (Phi) is 5.67. The van der Waals surface area contributed by atoms with Gasteiger partial charge in [0.1, 0.15) is 29.6 Å². The highest BCUT2D eigenvalue weighted by molar-refractivity contribution is 6.07. The predicted molar refractivity (Wildman–Crippen MR) is 104 cm³/mol.